The maximum Gasteiger partial charge on any atom is 0.143 e. The zero-order valence-corrected chi connectivity index (χ0v) is 9.00. The zero-order valence-electron chi connectivity index (χ0n) is 9.00. The van der Waals surface area contributed by atoms with Crippen LogP contribution in [0.25, 0.3) is 0 Å². The van der Waals surface area contributed by atoms with E-state index in [0.29, 0.717) is 17.9 Å². The summed E-state index contributed by atoms with van der Waals surface area (Å²) < 4.78 is 13.1. The molecule has 0 aliphatic rings. The summed E-state index contributed by atoms with van der Waals surface area (Å²) in [4.78, 5) is 0. The van der Waals surface area contributed by atoms with Crippen molar-refractivity contribution < 1.29 is 9.50 Å². The molecule has 0 heterocycles. The Morgan fingerprint density at radius 2 is 2.00 bits per heavy atom. The lowest BCUT2D eigenvalue weighted by Crippen LogP contribution is -2.14. The van der Waals surface area contributed by atoms with Crippen LogP contribution in [-0.2, 0) is 0 Å². The van der Waals surface area contributed by atoms with Crippen molar-refractivity contribution in [3.8, 4) is 5.75 Å². The lowest BCUT2D eigenvalue weighted by molar-refractivity contribution is 0.444. The van der Waals surface area contributed by atoms with Crippen molar-refractivity contribution in [2.24, 2.45) is 11.7 Å². The van der Waals surface area contributed by atoms with Gasteiger partial charge in [0.25, 0.3) is 0 Å². The SMILES string of the molecule is CC(C)C[C@H](N)c1cc(F)cc(N)c1O. The average molecular weight is 212 g/mol. The van der Waals surface area contributed by atoms with Gasteiger partial charge in [-0.15, -0.1) is 0 Å². The highest BCUT2D eigenvalue weighted by molar-refractivity contribution is 5.57. The van der Waals surface area contributed by atoms with Crippen LogP contribution in [0.3, 0.4) is 0 Å². The van der Waals surface area contributed by atoms with Gasteiger partial charge in [0.2, 0.25) is 0 Å². The van der Waals surface area contributed by atoms with E-state index in [4.69, 9.17) is 11.5 Å². The lowest BCUT2D eigenvalue weighted by Gasteiger charge is -2.16. The van der Waals surface area contributed by atoms with Crippen LogP contribution in [-0.4, -0.2) is 5.11 Å². The number of halogens is 1. The first-order chi connectivity index (χ1) is 6.91. The highest BCUT2D eigenvalue weighted by Gasteiger charge is 2.15. The minimum absolute atomic E-state index is 0.0317. The number of aromatic hydroxyl groups is 1. The Morgan fingerprint density at radius 1 is 1.40 bits per heavy atom. The third-order valence-corrected chi connectivity index (χ3v) is 2.26. The number of benzene rings is 1. The predicted molar refractivity (Wildman–Crippen MR) is 58.9 cm³/mol. The third kappa shape index (κ3) is 2.83. The monoisotopic (exact) mass is 212 g/mol. The van der Waals surface area contributed by atoms with Crippen LogP contribution >= 0.6 is 0 Å². The van der Waals surface area contributed by atoms with E-state index in [2.05, 4.69) is 0 Å². The molecule has 0 aliphatic carbocycles. The topological polar surface area (TPSA) is 72.3 Å². The number of hydrogen-bond donors (Lipinski definition) is 3. The lowest BCUT2D eigenvalue weighted by atomic mass is 9.96. The molecule has 0 bridgehead atoms. The predicted octanol–water partition coefficient (Wildman–Crippen LogP) is 2.16. The molecule has 0 aliphatic heterocycles. The first-order valence-corrected chi connectivity index (χ1v) is 4.95. The first-order valence-electron chi connectivity index (χ1n) is 4.95. The minimum Gasteiger partial charge on any atom is -0.505 e. The standard InChI is InChI=1S/C11H17FN2O/c1-6(2)3-9(13)8-4-7(12)5-10(14)11(8)15/h4-6,9,15H,3,13-14H2,1-2H3/t9-/m0/s1. The molecule has 0 radical (unpaired) electrons. The van der Waals surface area contributed by atoms with Crippen molar-refractivity contribution in [1.82, 2.24) is 0 Å². The molecular formula is C11H17FN2O. The van der Waals surface area contributed by atoms with Gasteiger partial charge in [-0.1, -0.05) is 13.8 Å². The van der Waals surface area contributed by atoms with Gasteiger partial charge in [-0.2, -0.15) is 0 Å². The zero-order chi connectivity index (χ0) is 11.6. The van der Waals surface area contributed by atoms with E-state index < -0.39 is 5.82 Å². The van der Waals surface area contributed by atoms with Gasteiger partial charge in [-0.3, -0.25) is 0 Å². The van der Waals surface area contributed by atoms with Gasteiger partial charge in [0.1, 0.15) is 11.6 Å². The van der Waals surface area contributed by atoms with Gasteiger partial charge in [-0.25, -0.2) is 4.39 Å². The number of phenols is 1. The van der Waals surface area contributed by atoms with Gasteiger partial charge in [0.15, 0.2) is 0 Å². The number of anilines is 1. The van der Waals surface area contributed by atoms with Crippen molar-refractivity contribution in [2.45, 2.75) is 26.3 Å². The molecule has 4 heteroatoms. The van der Waals surface area contributed by atoms with Gasteiger partial charge >= 0.3 is 0 Å². The van der Waals surface area contributed by atoms with E-state index in [0.717, 1.165) is 6.07 Å². The van der Waals surface area contributed by atoms with Crippen LogP contribution in [0.2, 0.25) is 0 Å². The van der Waals surface area contributed by atoms with Gasteiger partial charge in [0, 0.05) is 17.7 Å². The smallest absolute Gasteiger partial charge is 0.143 e. The second-order valence-corrected chi connectivity index (χ2v) is 4.17. The normalized spacial score (nSPS) is 13.1. The summed E-state index contributed by atoms with van der Waals surface area (Å²) in [6.07, 6.45) is 0.677. The van der Waals surface area contributed by atoms with Crippen LogP contribution < -0.4 is 11.5 Å². The Hall–Kier alpha value is -1.29. The second kappa shape index (κ2) is 4.49. The van der Waals surface area contributed by atoms with Crippen molar-refractivity contribution in [3.05, 3.63) is 23.5 Å². The Kier molecular flexibility index (Phi) is 3.52. The Bertz CT molecular complexity index is 353. The van der Waals surface area contributed by atoms with Crippen molar-refractivity contribution >= 4 is 5.69 Å². The van der Waals surface area contributed by atoms with E-state index in [1.54, 1.807) is 0 Å². The van der Waals surface area contributed by atoms with Gasteiger partial charge < -0.3 is 16.6 Å². The summed E-state index contributed by atoms with van der Waals surface area (Å²) in [6, 6.07) is 1.93. The molecule has 0 fully saturated rings. The number of rotatable bonds is 3. The highest BCUT2D eigenvalue weighted by atomic mass is 19.1. The molecule has 1 atom stereocenters. The average Bonchev–Trinajstić information content (AvgIpc) is 2.09. The van der Waals surface area contributed by atoms with E-state index >= 15 is 0 Å². The molecule has 1 aromatic rings. The molecule has 0 spiro atoms. The Balaban J connectivity index is 3.02. The van der Waals surface area contributed by atoms with Crippen molar-refractivity contribution in [3.63, 3.8) is 0 Å². The van der Waals surface area contributed by atoms with E-state index in [1.807, 2.05) is 13.8 Å². The van der Waals surface area contributed by atoms with Gasteiger partial charge in [-0.05, 0) is 18.4 Å². The summed E-state index contributed by atoms with van der Waals surface area (Å²) in [7, 11) is 0. The maximum atomic E-state index is 13.1. The molecule has 0 amide bonds. The largest absolute Gasteiger partial charge is 0.505 e. The van der Waals surface area contributed by atoms with Crippen molar-refractivity contribution in [1.29, 1.82) is 0 Å². The van der Waals surface area contributed by atoms with Crippen molar-refractivity contribution in [2.75, 3.05) is 5.73 Å². The van der Waals surface area contributed by atoms with Crippen LogP contribution in [0, 0.1) is 11.7 Å². The molecule has 0 unspecified atom stereocenters. The highest BCUT2D eigenvalue weighted by Crippen LogP contribution is 2.32. The number of phenolic OH excluding ortho intramolecular Hbond substituents is 1. The fourth-order valence-corrected chi connectivity index (χ4v) is 1.56. The second-order valence-electron chi connectivity index (χ2n) is 4.17. The van der Waals surface area contributed by atoms with E-state index in [1.165, 1.54) is 6.07 Å². The fraction of sp³-hybridized carbons (Fsp3) is 0.455. The Labute approximate surface area is 88.9 Å². The molecule has 84 valence electrons. The summed E-state index contributed by atoms with van der Waals surface area (Å²) in [5, 5.41) is 9.63. The van der Waals surface area contributed by atoms with Crippen LogP contribution in [0.1, 0.15) is 31.9 Å². The van der Waals surface area contributed by atoms with Gasteiger partial charge in [0.05, 0.1) is 5.69 Å². The maximum absolute atomic E-state index is 13.1. The molecule has 15 heavy (non-hydrogen) atoms. The van der Waals surface area contributed by atoms with E-state index in [9.17, 15) is 9.50 Å². The summed E-state index contributed by atoms with van der Waals surface area (Å²) in [6.45, 7) is 4.03. The van der Waals surface area contributed by atoms with Crippen LogP contribution in [0.15, 0.2) is 12.1 Å². The Morgan fingerprint density at radius 3 is 2.53 bits per heavy atom. The first kappa shape index (κ1) is 11.8. The minimum atomic E-state index is -0.473. The molecular weight excluding hydrogens is 195 g/mol. The van der Waals surface area contributed by atoms with Crippen LogP contribution in [0.4, 0.5) is 10.1 Å². The van der Waals surface area contributed by atoms with E-state index in [-0.39, 0.29) is 17.5 Å². The quantitative estimate of drug-likeness (QED) is 0.531. The summed E-state index contributed by atoms with van der Waals surface area (Å²) in [5.74, 6) is -0.201. The molecule has 5 N–H and O–H groups in total. The molecule has 1 aromatic carbocycles. The molecule has 0 saturated carbocycles. The number of hydrogen-bond acceptors (Lipinski definition) is 3. The summed E-state index contributed by atoms with van der Waals surface area (Å²) in [5.41, 5.74) is 11.7. The molecule has 3 nitrogen and oxygen atoms in total. The molecule has 0 aromatic heterocycles. The number of nitrogens with two attached hydrogens (primary N) is 2. The number of nitrogen functional groups attached to an aromatic ring is 1. The van der Waals surface area contributed by atoms with Crippen LogP contribution in [0.5, 0.6) is 5.75 Å². The fourth-order valence-electron chi connectivity index (χ4n) is 1.56. The summed E-state index contributed by atoms with van der Waals surface area (Å²) >= 11 is 0. The molecule has 0 saturated heterocycles. The third-order valence-electron chi connectivity index (χ3n) is 2.26. The molecule has 1 rings (SSSR count).